The maximum Gasteiger partial charge on any atom is 0.508 e. The normalized spacial score (nSPS) is 9.54. The lowest BCUT2D eigenvalue weighted by Gasteiger charge is -2.10. The summed E-state index contributed by atoms with van der Waals surface area (Å²) in [6, 6.07) is 6.85. The van der Waals surface area contributed by atoms with E-state index in [1.165, 1.54) is 12.2 Å². The molecule has 0 atom stereocenters. The molecular weight excluding hydrogens is 344 g/mol. The van der Waals surface area contributed by atoms with Crippen LogP contribution >= 0.6 is 0 Å². The molecule has 8 nitrogen and oxygen atoms in total. The van der Waals surface area contributed by atoms with E-state index < -0.39 is 12.3 Å². The van der Waals surface area contributed by atoms with E-state index in [0.717, 1.165) is 0 Å². The minimum atomic E-state index is -0.780. The van der Waals surface area contributed by atoms with Crippen molar-refractivity contribution in [2.45, 2.75) is 0 Å². The van der Waals surface area contributed by atoms with Gasteiger partial charge in [-0.2, -0.15) is 0 Å². The highest BCUT2D eigenvalue weighted by atomic mass is 16.7. The lowest BCUT2D eigenvalue weighted by molar-refractivity contribution is 0.0532. The fourth-order valence-electron chi connectivity index (χ4n) is 1.56. The third kappa shape index (κ3) is 9.86. The van der Waals surface area contributed by atoms with Gasteiger partial charge in [0.2, 0.25) is 0 Å². The Labute approximate surface area is 151 Å². The standard InChI is InChI=1S/C18H22O8/c1-3-8-23-17(19)25-12-10-21-15-6-5-7-16(14-15)22-11-13-26-18(20)24-9-4-2/h3-7,14H,1-2,8-13H2. The zero-order valence-electron chi connectivity index (χ0n) is 14.4. The molecule has 1 rings (SSSR count). The first kappa shape index (κ1) is 20.9. The molecule has 0 fully saturated rings. The van der Waals surface area contributed by atoms with Crippen LogP contribution in [0, 0.1) is 0 Å². The summed E-state index contributed by atoms with van der Waals surface area (Å²) in [6.45, 7) is 7.43. The van der Waals surface area contributed by atoms with Crippen LogP contribution in [0.2, 0.25) is 0 Å². The molecule has 0 aromatic heterocycles. The van der Waals surface area contributed by atoms with Crippen molar-refractivity contribution in [1.29, 1.82) is 0 Å². The first-order valence-electron chi connectivity index (χ1n) is 7.82. The van der Waals surface area contributed by atoms with Gasteiger partial charge in [0, 0.05) is 6.07 Å². The molecule has 0 N–H and O–H groups in total. The Bertz CT molecular complexity index is 537. The number of carbonyl (C=O) groups excluding carboxylic acids is 2. The second kappa shape index (κ2) is 13.2. The van der Waals surface area contributed by atoms with Gasteiger partial charge in [0.05, 0.1) is 0 Å². The van der Waals surface area contributed by atoms with Gasteiger partial charge in [-0.1, -0.05) is 31.4 Å². The summed E-state index contributed by atoms with van der Waals surface area (Å²) in [5.41, 5.74) is 0. The average molecular weight is 366 g/mol. The Morgan fingerprint density at radius 2 is 1.23 bits per heavy atom. The van der Waals surface area contributed by atoms with Gasteiger partial charge in [0.15, 0.2) is 0 Å². The summed E-state index contributed by atoms with van der Waals surface area (Å²) in [5, 5.41) is 0. The van der Waals surface area contributed by atoms with Crippen LogP contribution in [-0.4, -0.2) is 52.0 Å². The summed E-state index contributed by atoms with van der Waals surface area (Å²) in [7, 11) is 0. The van der Waals surface area contributed by atoms with E-state index in [1.54, 1.807) is 24.3 Å². The van der Waals surface area contributed by atoms with Gasteiger partial charge >= 0.3 is 12.3 Å². The Balaban J connectivity index is 2.21. The fourth-order valence-corrected chi connectivity index (χ4v) is 1.56. The largest absolute Gasteiger partial charge is 0.508 e. The van der Waals surface area contributed by atoms with E-state index in [2.05, 4.69) is 22.6 Å². The molecule has 1 aromatic rings. The Morgan fingerprint density at radius 1 is 0.769 bits per heavy atom. The van der Waals surface area contributed by atoms with Gasteiger partial charge in [-0.25, -0.2) is 9.59 Å². The van der Waals surface area contributed by atoms with Crippen LogP contribution in [0.15, 0.2) is 49.6 Å². The van der Waals surface area contributed by atoms with Crippen LogP contribution < -0.4 is 9.47 Å². The number of hydrogen-bond donors (Lipinski definition) is 0. The molecule has 0 unspecified atom stereocenters. The first-order valence-corrected chi connectivity index (χ1v) is 7.82. The molecule has 0 saturated heterocycles. The van der Waals surface area contributed by atoms with Crippen molar-refractivity contribution in [3.05, 3.63) is 49.6 Å². The topological polar surface area (TPSA) is 89.5 Å². The highest BCUT2D eigenvalue weighted by Gasteiger charge is 2.04. The Kier molecular flexibility index (Phi) is 10.6. The highest BCUT2D eigenvalue weighted by molar-refractivity contribution is 5.60. The summed E-state index contributed by atoms with van der Waals surface area (Å²) < 4.78 is 29.8. The van der Waals surface area contributed by atoms with Crippen molar-refractivity contribution in [2.75, 3.05) is 39.6 Å². The molecule has 0 saturated carbocycles. The molecule has 0 spiro atoms. The van der Waals surface area contributed by atoms with Gasteiger partial charge in [0.1, 0.15) is 51.1 Å². The van der Waals surface area contributed by atoms with Crippen LogP contribution in [0.4, 0.5) is 9.59 Å². The van der Waals surface area contributed by atoms with E-state index in [9.17, 15) is 9.59 Å². The summed E-state index contributed by atoms with van der Waals surface area (Å²) in [4.78, 5) is 22.2. The van der Waals surface area contributed by atoms with Crippen molar-refractivity contribution in [3.63, 3.8) is 0 Å². The van der Waals surface area contributed by atoms with E-state index in [0.29, 0.717) is 11.5 Å². The Hall–Kier alpha value is -3.16. The lowest BCUT2D eigenvalue weighted by Crippen LogP contribution is -2.14. The van der Waals surface area contributed by atoms with Crippen LogP contribution in [0.3, 0.4) is 0 Å². The van der Waals surface area contributed by atoms with Crippen molar-refractivity contribution >= 4 is 12.3 Å². The van der Waals surface area contributed by atoms with Gasteiger partial charge in [-0.3, -0.25) is 0 Å². The zero-order valence-corrected chi connectivity index (χ0v) is 14.4. The monoisotopic (exact) mass is 366 g/mol. The summed E-state index contributed by atoms with van der Waals surface area (Å²) in [6.07, 6.45) is 1.33. The first-order chi connectivity index (χ1) is 12.7. The maximum absolute atomic E-state index is 11.1. The number of carbonyl (C=O) groups is 2. The fraction of sp³-hybridized carbons (Fsp3) is 0.333. The third-order valence-electron chi connectivity index (χ3n) is 2.59. The van der Waals surface area contributed by atoms with E-state index >= 15 is 0 Å². The van der Waals surface area contributed by atoms with Crippen LogP contribution in [0.1, 0.15) is 0 Å². The van der Waals surface area contributed by atoms with E-state index in [4.69, 9.17) is 18.9 Å². The molecule has 0 aliphatic carbocycles. The molecule has 142 valence electrons. The predicted molar refractivity (Wildman–Crippen MR) is 92.4 cm³/mol. The van der Waals surface area contributed by atoms with Crippen molar-refractivity contribution in [1.82, 2.24) is 0 Å². The lowest BCUT2D eigenvalue weighted by atomic mass is 10.3. The molecule has 0 bridgehead atoms. The molecule has 0 aliphatic heterocycles. The number of ether oxygens (including phenoxy) is 6. The molecular formula is C18H22O8. The highest BCUT2D eigenvalue weighted by Crippen LogP contribution is 2.19. The quantitative estimate of drug-likeness (QED) is 0.317. The molecule has 0 amide bonds. The predicted octanol–water partition coefficient (Wildman–Crippen LogP) is 3.12. The second-order valence-electron chi connectivity index (χ2n) is 4.57. The summed E-state index contributed by atoms with van der Waals surface area (Å²) >= 11 is 0. The molecule has 0 radical (unpaired) electrons. The minimum absolute atomic E-state index is 0.0434. The number of rotatable bonds is 12. The van der Waals surface area contributed by atoms with Crippen molar-refractivity contribution < 1.29 is 38.0 Å². The SMILES string of the molecule is C=CCOC(=O)OCCOc1cccc(OCCOC(=O)OCC=C)c1. The molecule has 0 aliphatic rings. The van der Waals surface area contributed by atoms with Gasteiger partial charge in [0.25, 0.3) is 0 Å². The van der Waals surface area contributed by atoms with E-state index in [-0.39, 0.29) is 39.6 Å². The van der Waals surface area contributed by atoms with Crippen LogP contribution in [-0.2, 0) is 18.9 Å². The smallest absolute Gasteiger partial charge is 0.490 e. The minimum Gasteiger partial charge on any atom is -0.490 e. The van der Waals surface area contributed by atoms with Crippen LogP contribution in [0.25, 0.3) is 0 Å². The van der Waals surface area contributed by atoms with Crippen LogP contribution in [0.5, 0.6) is 11.5 Å². The van der Waals surface area contributed by atoms with Gasteiger partial charge in [-0.15, -0.1) is 0 Å². The average Bonchev–Trinajstić information content (AvgIpc) is 2.65. The molecule has 0 heterocycles. The summed E-state index contributed by atoms with van der Waals surface area (Å²) in [5.74, 6) is 1.08. The molecule has 1 aromatic carbocycles. The third-order valence-corrected chi connectivity index (χ3v) is 2.59. The van der Waals surface area contributed by atoms with Gasteiger partial charge < -0.3 is 28.4 Å². The van der Waals surface area contributed by atoms with Gasteiger partial charge in [-0.05, 0) is 12.1 Å². The van der Waals surface area contributed by atoms with Crippen molar-refractivity contribution in [2.24, 2.45) is 0 Å². The maximum atomic E-state index is 11.1. The zero-order chi connectivity index (χ0) is 19.0. The molecule has 26 heavy (non-hydrogen) atoms. The number of hydrogen-bond acceptors (Lipinski definition) is 8. The van der Waals surface area contributed by atoms with Crippen molar-refractivity contribution in [3.8, 4) is 11.5 Å². The second-order valence-corrected chi connectivity index (χ2v) is 4.57. The van der Waals surface area contributed by atoms with E-state index in [1.807, 2.05) is 0 Å². The number of benzene rings is 1. The molecule has 8 heteroatoms. The Morgan fingerprint density at radius 3 is 1.65 bits per heavy atom.